The van der Waals surface area contributed by atoms with Crippen molar-refractivity contribution in [3.05, 3.63) is 349 Å². The zero-order chi connectivity index (χ0) is 101. The first-order valence-corrected chi connectivity index (χ1v) is 47.0. The second kappa shape index (κ2) is 55.1. The number of ether oxygens (including phenoxy) is 6. The molecule has 0 saturated carbocycles. The zero-order valence-corrected chi connectivity index (χ0v) is 85.9. The van der Waals surface area contributed by atoms with Crippen LogP contribution in [-0.4, -0.2) is 76.9 Å². The van der Waals surface area contributed by atoms with Gasteiger partial charge in [-0.15, -0.1) is 0 Å². The number of hydrogen-bond donors (Lipinski definition) is 11. The van der Waals surface area contributed by atoms with E-state index in [1.807, 2.05) is 190 Å². The predicted molar refractivity (Wildman–Crippen MR) is 558 cm³/mol. The highest BCUT2D eigenvalue weighted by Gasteiger charge is 2.35. The van der Waals surface area contributed by atoms with E-state index in [0.717, 1.165) is 138 Å². The van der Waals surface area contributed by atoms with Crippen LogP contribution in [0.3, 0.4) is 0 Å². The summed E-state index contributed by atoms with van der Waals surface area (Å²) in [4.78, 5) is 69.2. The molecule has 31 heteroatoms. The molecule has 0 aliphatic rings. The van der Waals surface area contributed by atoms with Crippen molar-refractivity contribution in [3.8, 4) is 34.5 Å². The number of amides is 11. The molecule has 0 fully saturated rings. The maximum absolute atomic E-state index is 13.4. The molecule has 0 radical (unpaired) electrons. The summed E-state index contributed by atoms with van der Waals surface area (Å²) in [5, 5.41) is 28.9. The van der Waals surface area contributed by atoms with Gasteiger partial charge in [-0.25, -0.2) is 28.4 Å². The number of nitrogens with one attached hydrogen (secondary N) is 11. The number of alkyl halides is 3. The van der Waals surface area contributed by atoms with Crippen LogP contribution < -0.4 is 86.9 Å². The van der Waals surface area contributed by atoms with Crippen LogP contribution in [0, 0.1) is 92.5 Å². The molecule has 12 aromatic rings. The van der Waals surface area contributed by atoms with Gasteiger partial charge in [-0.2, -0.15) is 13.2 Å². The second-order valence-electron chi connectivity index (χ2n) is 32.1. The lowest BCUT2D eigenvalue weighted by Crippen LogP contribution is -2.25. The van der Waals surface area contributed by atoms with Crippen molar-refractivity contribution < 1.29 is 74.8 Å². The van der Waals surface area contributed by atoms with Crippen molar-refractivity contribution in [1.29, 1.82) is 0 Å². The number of carbonyl (C=O) groups is 6. The quantitative estimate of drug-likeness (QED) is 0.0188. The maximum atomic E-state index is 13.4. The van der Waals surface area contributed by atoms with E-state index in [9.17, 15) is 46.3 Å². The van der Waals surface area contributed by atoms with Crippen molar-refractivity contribution >= 4 is 131 Å². The molecular weight excluding hydrogens is 1970 g/mol. The minimum Gasteiger partial charge on any atom is -0.489 e. The van der Waals surface area contributed by atoms with Gasteiger partial charge >= 0.3 is 36.3 Å². The van der Waals surface area contributed by atoms with Crippen molar-refractivity contribution in [1.82, 2.24) is 26.6 Å². The second-order valence-corrected chi connectivity index (χ2v) is 35.5. The average molecular weight is 2090 g/mol. The summed E-state index contributed by atoms with van der Waals surface area (Å²) >= 11 is 12.5. The van der Waals surface area contributed by atoms with Gasteiger partial charge in [0, 0.05) is 110 Å². The molecule has 0 aromatic heterocycles. The molecule has 0 spiro atoms. The van der Waals surface area contributed by atoms with E-state index in [0.29, 0.717) is 60.1 Å². The minimum atomic E-state index is -4.57. The predicted octanol–water partition coefficient (Wildman–Crippen LogP) is 27.2. The molecule has 23 nitrogen and oxygen atoms in total. The number of carbonyl (C=O) groups excluding carboxylic acids is 6. The Morgan fingerprint density at radius 2 is 0.650 bits per heavy atom. The van der Waals surface area contributed by atoms with Crippen LogP contribution in [0.4, 0.5) is 80.5 Å². The smallest absolute Gasteiger partial charge is 0.418 e. The molecule has 0 unspecified atom stereocenters. The van der Waals surface area contributed by atoms with Gasteiger partial charge in [0.25, 0.3) is 5.24 Å². The van der Waals surface area contributed by atoms with E-state index in [1.165, 1.54) is 71.5 Å². The Morgan fingerprint density at radius 1 is 0.358 bits per heavy atom. The highest BCUT2D eigenvalue weighted by atomic mass is 127. The Morgan fingerprint density at radius 3 is 0.971 bits per heavy atom. The van der Waals surface area contributed by atoms with Crippen LogP contribution in [0.2, 0.25) is 5.02 Å². The maximum Gasteiger partial charge on any atom is 0.418 e. The van der Waals surface area contributed by atoms with Gasteiger partial charge in [0.05, 0.1) is 11.3 Å². The Balaban J connectivity index is 0.000000224. The number of rotatable bonds is 25. The first-order chi connectivity index (χ1) is 65.1. The fourth-order valence-corrected chi connectivity index (χ4v) is 14.7. The highest BCUT2D eigenvalue weighted by Crippen LogP contribution is 2.39. The molecule has 11 amide bonds. The standard InChI is InChI=1S/C20H26N2O2.C18H18F3NO2S.C17H19BrN2O2.C17H19ClN2O2.C17H19FN2O2.C17H19IN2O2/c1-13(2)16-7-8-18(22-20(23)21-5)17(11-16)12-24-19-9-6-14(3)10-15(19)4;1-11-7-8-15(12(2)9-11)24-10-13-5-4-6-14(18(19,20)21)16(13)22-17(23)25-3;4*1-11-4-7-16(12(2)8-11)22-10-13-9-14(18)5-6-15(13)20-17(21)19-3/h6-11,13H,12H2,1-5H3,(H2,21,22,23);4-9H,10H2,1-3H3,(H,22,23);4*4-9H,10H2,1-3H3,(H2,19,20,21). The Kier molecular flexibility index (Phi) is 44.6. The van der Waals surface area contributed by atoms with Crippen LogP contribution in [-0.2, 0) is 45.8 Å². The van der Waals surface area contributed by atoms with Crippen LogP contribution in [0.5, 0.6) is 34.5 Å². The van der Waals surface area contributed by atoms with Gasteiger partial charge in [0.15, 0.2) is 0 Å². The molecule has 137 heavy (non-hydrogen) atoms. The van der Waals surface area contributed by atoms with Gasteiger partial charge in [-0.3, -0.25) is 4.79 Å². The Labute approximate surface area is 831 Å². The SMILES string of the molecule is CNC(=O)Nc1ccc(Br)cc1COc1ccc(C)cc1C.CNC(=O)Nc1ccc(C(C)C)cc1COc1ccc(C)cc1C.CNC(=O)Nc1ccc(Cl)cc1COc1ccc(C)cc1C.CNC(=O)Nc1ccc(F)cc1COc1ccc(C)cc1C.CNC(=O)Nc1ccc(I)cc1COc1ccc(C)cc1C.CSC(=O)Nc1c(COc2ccc(C)cc2C)cccc1C(F)(F)F. The number of aryl methyl sites for hydroxylation is 12. The Hall–Kier alpha value is -13.2. The molecular formula is C106H120BrClF4IN11O12S. The van der Waals surface area contributed by atoms with Crippen LogP contribution >= 0.6 is 61.9 Å². The number of urea groups is 5. The minimum absolute atomic E-state index is 0.0855. The van der Waals surface area contributed by atoms with E-state index >= 15 is 0 Å². The summed E-state index contributed by atoms with van der Waals surface area (Å²) in [6.07, 6.45) is -3.08. The van der Waals surface area contributed by atoms with Crippen molar-refractivity contribution in [2.45, 2.75) is 149 Å². The molecule has 11 N–H and O–H groups in total. The third kappa shape index (κ3) is 37.1. The Bertz CT molecular complexity index is 5680. The third-order valence-corrected chi connectivity index (χ3v) is 22.5. The van der Waals surface area contributed by atoms with Crippen molar-refractivity contribution in [2.75, 3.05) is 73.4 Å². The monoisotopic (exact) mass is 2090 g/mol. The summed E-state index contributed by atoms with van der Waals surface area (Å²) in [6, 6.07) is 65.2. The number of hydrogen-bond acceptors (Lipinski definition) is 13. The van der Waals surface area contributed by atoms with E-state index in [-0.39, 0.29) is 60.4 Å². The zero-order valence-electron chi connectivity index (χ0n) is 80.6. The van der Waals surface area contributed by atoms with E-state index in [2.05, 4.69) is 162 Å². The van der Waals surface area contributed by atoms with Crippen molar-refractivity contribution in [3.63, 3.8) is 0 Å². The van der Waals surface area contributed by atoms with E-state index < -0.39 is 17.0 Å². The molecule has 0 aliphatic carbocycles. The fourth-order valence-electron chi connectivity index (χ4n) is 13.3. The summed E-state index contributed by atoms with van der Waals surface area (Å²) in [5.41, 5.74) is 21.3. The fraction of sp³-hybridized carbons (Fsp3) is 0.264. The van der Waals surface area contributed by atoms with Crippen molar-refractivity contribution in [2.24, 2.45) is 0 Å². The van der Waals surface area contributed by atoms with Gasteiger partial charge < -0.3 is 86.9 Å². The van der Waals surface area contributed by atoms with Crippen LogP contribution in [0.15, 0.2) is 223 Å². The third-order valence-electron chi connectivity index (χ3n) is 20.6. The largest absolute Gasteiger partial charge is 0.489 e. The van der Waals surface area contributed by atoms with Gasteiger partial charge in [-0.05, 0) is 278 Å². The number of halogens is 7. The first-order valence-electron chi connectivity index (χ1n) is 43.5. The average Bonchev–Trinajstić information content (AvgIpc) is 0.799. The topological polar surface area (TPSA) is 290 Å². The molecule has 12 rings (SSSR count). The van der Waals surface area contributed by atoms with Crippen LogP contribution in [0.1, 0.15) is 131 Å². The number of anilines is 6. The van der Waals surface area contributed by atoms with Gasteiger partial charge in [0.2, 0.25) is 0 Å². The molecule has 0 heterocycles. The lowest BCUT2D eigenvalue weighted by Gasteiger charge is -2.18. The van der Waals surface area contributed by atoms with Gasteiger partial charge in [0.1, 0.15) is 80.0 Å². The molecule has 0 atom stereocenters. The number of benzene rings is 12. The summed E-state index contributed by atoms with van der Waals surface area (Å²) in [6.45, 7) is 30.0. The van der Waals surface area contributed by atoms with Crippen LogP contribution in [0.25, 0.3) is 0 Å². The summed E-state index contributed by atoms with van der Waals surface area (Å²) in [7, 11) is 7.86. The molecule has 0 bridgehead atoms. The highest BCUT2D eigenvalue weighted by molar-refractivity contribution is 14.1. The molecule has 12 aromatic carbocycles. The summed E-state index contributed by atoms with van der Waals surface area (Å²) in [5.74, 6) is 4.75. The lowest BCUT2D eigenvalue weighted by molar-refractivity contribution is -0.137. The van der Waals surface area contributed by atoms with Gasteiger partial charge in [-0.1, -0.05) is 184 Å². The molecule has 726 valence electrons. The lowest BCUT2D eigenvalue weighted by atomic mass is 10.00. The number of thioether (sulfide) groups is 1. The number of para-hydroxylation sites is 1. The molecule has 0 aliphatic heterocycles. The van der Waals surface area contributed by atoms with E-state index in [4.69, 9.17) is 40.0 Å². The first kappa shape index (κ1) is 111. The normalized spacial score (nSPS) is 10.5. The molecule has 0 saturated heterocycles. The summed E-state index contributed by atoms with van der Waals surface area (Å²) < 4.78 is 90.3. The van der Waals surface area contributed by atoms with E-state index in [1.54, 1.807) is 52.5 Å².